The first-order valence-corrected chi connectivity index (χ1v) is 5.08. The molecule has 0 saturated carbocycles. The normalized spacial score (nSPS) is 9.71. The van der Waals surface area contributed by atoms with Gasteiger partial charge in [-0.3, -0.25) is 4.98 Å². The Hall–Kier alpha value is -2.41. The quantitative estimate of drug-likeness (QED) is 0.857. The van der Waals surface area contributed by atoms with Gasteiger partial charge in [0.15, 0.2) is 0 Å². The Kier molecular flexibility index (Phi) is 3.01. The van der Waals surface area contributed by atoms with E-state index in [1.165, 1.54) is 12.1 Å². The van der Waals surface area contributed by atoms with Gasteiger partial charge >= 0.3 is 0 Å². The number of hydrogen-bond donors (Lipinski definition) is 1. The first-order chi connectivity index (χ1) is 8.20. The molecular formula is C13H10FN3. The minimum atomic E-state index is -0.278. The predicted octanol–water partition coefficient (Wildman–Crippen LogP) is 3.14. The van der Waals surface area contributed by atoms with Crippen LogP contribution in [0.4, 0.5) is 15.8 Å². The molecule has 0 aliphatic carbocycles. The van der Waals surface area contributed by atoms with E-state index < -0.39 is 0 Å². The van der Waals surface area contributed by atoms with Crippen molar-refractivity contribution in [2.75, 3.05) is 5.32 Å². The molecule has 2 aromatic rings. The zero-order valence-corrected chi connectivity index (χ0v) is 9.24. The van der Waals surface area contributed by atoms with Gasteiger partial charge in [0.05, 0.1) is 17.4 Å². The number of benzene rings is 1. The van der Waals surface area contributed by atoms with Crippen molar-refractivity contribution in [3.8, 4) is 6.07 Å². The lowest BCUT2D eigenvalue weighted by Gasteiger charge is -2.10. The van der Waals surface area contributed by atoms with Crippen LogP contribution in [0.2, 0.25) is 0 Å². The highest BCUT2D eigenvalue weighted by molar-refractivity contribution is 5.67. The molecular weight excluding hydrogens is 217 g/mol. The first kappa shape index (κ1) is 11.1. The molecule has 0 aliphatic rings. The van der Waals surface area contributed by atoms with E-state index in [0.29, 0.717) is 11.3 Å². The largest absolute Gasteiger partial charge is 0.353 e. The van der Waals surface area contributed by atoms with Crippen molar-refractivity contribution in [1.82, 2.24) is 4.98 Å². The molecule has 1 N–H and O–H groups in total. The van der Waals surface area contributed by atoms with Crippen LogP contribution in [0.15, 0.2) is 36.7 Å². The molecule has 0 unspecified atom stereocenters. The Morgan fingerprint density at radius 1 is 1.29 bits per heavy atom. The van der Waals surface area contributed by atoms with Crippen LogP contribution in [-0.2, 0) is 0 Å². The maximum Gasteiger partial charge on any atom is 0.123 e. The molecule has 0 saturated heterocycles. The van der Waals surface area contributed by atoms with Crippen molar-refractivity contribution < 1.29 is 4.39 Å². The van der Waals surface area contributed by atoms with Crippen LogP contribution in [0.5, 0.6) is 0 Å². The predicted molar refractivity (Wildman–Crippen MR) is 63.4 cm³/mol. The van der Waals surface area contributed by atoms with Gasteiger partial charge in [0.2, 0.25) is 0 Å². The second kappa shape index (κ2) is 4.62. The van der Waals surface area contributed by atoms with Crippen LogP contribution in [0.3, 0.4) is 0 Å². The van der Waals surface area contributed by atoms with Crippen molar-refractivity contribution in [2.45, 2.75) is 6.92 Å². The maximum atomic E-state index is 12.9. The minimum Gasteiger partial charge on any atom is -0.353 e. The second-order valence-electron chi connectivity index (χ2n) is 3.62. The Labute approximate surface area is 98.5 Å². The van der Waals surface area contributed by atoms with Crippen LogP contribution in [-0.4, -0.2) is 4.98 Å². The third kappa shape index (κ3) is 2.40. The zero-order chi connectivity index (χ0) is 12.3. The number of pyridine rings is 1. The van der Waals surface area contributed by atoms with Gasteiger partial charge in [0.1, 0.15) is 11.9 Å². The lowest BCUT2D eigenvalue weighted by Crippen LogP contribution is -1.96. The number of nitrogens with one attached hydrogen (secondary N) is 1. The summed E-state index contributed by atoms with van der Waals surface area (Å²) in [6.07, 6.45) is 3.13. The maximum absolute atomic E-state index is 12.9. The highest BCUT2D eigenvalue weighted by atomic mass is 19.1. The number of nitrogens with zero attached hydrogens (tertiary/aromatic N) is 2. The standard InChI is InChI=1S/C13H10FN3/c1-9-6-11(14)2-3-12(9)17-13-8-16-5-4-10(13)7-15/h2-6,8,17H,1H3. The van der Waals surface area contributed by atoms with Crippen molar-refractivity contribution in [1.29, 1.82) is 5.26 Å². The molecule has 0 bridgehead atoms. The van der Waals surface area contributed by atoms with Gasteiger partial charge in [-0.1, -0.05) is 0 Å². The third-order valence-corrected chi connectivity index (χ3v) is 2.40. The summed E-state index contributed by atoms with van der Waals surface area (Å²) in [6.45, 7) is 1.80. The van der Waals surface area contributed by atoms with E-state index >= 15 is 0 Å². The minimum absolute atomic E-state index is 0.278. The number of halogens is 1. The SMILES string of the molecule is Cc1cc(F)ccc1Nc1cnccc1C#N. The van der Waals surface area contributed by atoms with E-state index in [-0.39, 0.29) is 5.82 Å². The molecule has 3 nitrogen and oxygen atoms in total. The van der Waals surface area contributed by atoms with Gasteiger partial charge in [-0.2, -0.15) is 5.26 Å². The fourth-order valence-electron chi connectivity index (χ4n) is 1.50. The molecule has 0 amide bonds. The number of hydrogen-bond acceptors (Lipinski definition) is 3. The lowest BCUT2D eigenvalue weighted by molar-refractivity contribution is 0.627. The highest BCUT2D eigenvalue weighted by Crippen LogP contribution is 2.22. The van der Waals surface area contributed by atoms with Crippen LogP contribution in [0, 0.1) is 24.1 Å². The van der Waals surface area contributed by atoms with Gasteiger partial charge < -0.3 is 5.32 Å². The third-order valence-electron chi connectivity index (χ3n) is 2.40. The topological polar surface area (TPSA) is 48.7 Å². The summed E-state index contributed by atoms with van der Waals surface area (Å²) >= 11 is 0. The number of nitriles is 1. The Morgan fingerprint density at radius 2 is 2.12 bits per heavy atom. The molecule has 1 aromatic heterocycles. The number of aryl methyl sites for hydroxylation is 1. The fraction of sp³-hybridized carbons (Fsp3) is 0.0769. The number of aromatic nitrogens is 1. The summed E-state index contributed by atoms with van der Waals surface area (Å²) in [4.78, 5) is 3.95. The van der Waals surface area contributed by atoms with E-state index in [9.17, 15) is 4.39 Å². The van der Waals surface area contributed by atoms with Crippen molar-refractivity contribution in [3.63, 3.8) is 0 Å². The summed E-state index contributed by atoms with van der Waals surface area (Å²) in [7, 11) is 0. The first-order valence-electron chi connectivity index (χ1n) is 5.08. The fourth-order valence-corrected chi connectivity index (χ4v) is 1.50. The van der Waals surface area contributed by atoms with Gasteiger partial charge in [0, 0.05) is 11.9 Å². The smallest absolute Gasteiger partial charge is 0.123 e. The van der Waals surface area contributed by atoms with E-state index in [2.05, 4.69) is 16.4 Å². The van der Waals surface area contributed by atoms with Crippen LogP contribution < -0.4 is 5.32 Å². The molecule has 0 radical (unpaired) electrons. The Balaban J connectivity index is 2.35. The van der Waals surface area contributed by atoms with E-state index in [1.54, 1.807) is 31.5 Å². The molecule has 0 spiro atoms. The van der Waals surface area contributed by atoms with Crippen molar-refractivity contribution >= 4 is 11.4 Å². The summed E-state index contributed by atoms with van der Waals surface area (Å²) in [5.41, 5.74) is 2.65. The number of rotatable bonds is 2. The molecule has 84 valence electrons. The van der Waals surface area contributed by atoms with Crippen LogP contribution >= 0.6 is 0 Å². The van der Waals surface area contributed by atoms with Crippen molar-refractivity contribution in [3.05, 3.63) is 53.6 Å². The van der Waals surface area contributed by atoms with Gasteiger partial charge in [-0.25, -0.2) is 4.39 Å². The summed E-state index contributed by atoms with van der Waals surface area (Å²) in [5, 5.41) is 12.0. The molecule has 4 heteroatoms. The highest BCUT2D eigenvalue weighted by Gasteiger charge is 2.04. The molecule has 0 atom stereocenters. The van der Waals surface area contributed by atoms with Gasteiger partial charge in [-0.05, 0) is 36.8 Å². The van der Waals surface area contributed by atoms with E-state index in [4.69, 9.17) is 5.26 Å². The lowest BCUT2D eigenvalue weighted by atomic mass is 10.1. The summed E-state index contributed by atoms with van der Waals surface area (Å²) < 4.78 is 12.9. The summed E-state index contributed by atoms with van der Waals surface area (Å²) in [6, 6.07) is 8.14. The second-order valence-corrected chi connectivity index (χ2v) is 3.62. The Morgan fingerprint density at radius 3 is 2.82 bits per heavy atom. The van der Waals surface area contributed by atoms with Gasteiger partial charge in [0.25, 0.3) is 0 Å². The van der Waals surface area contributed by atoms with Crippen LogP contribution in [0.1, 0.15) is 11.1 Å². The molecule has 17 heavy (non-hydrogen) atoms. The van der Waals surface area contributed by atoms with Crippen molar-refractivity contribution in [2.24, 2.45) is 0 Å². The molecule has 1 heterocycles. The molecule has 0 aliphatic heterocycles. The average Bonchev–Trinajstić information content (AvgIpc) is 2.33. The Bertz CT molecular complexity index is 587. The monoisotopic (exact) mass is 227 g/mol. The molecule has 0 fully saturated rings. The van der Waals surface area contributed by atoms with E-state index in [0.717, 1.165) is 11.3 Å². The van der Waals surface area contributed by atoms with Gasteiger partial charge in [-0.15, -0.1) is 0 Å². The van der Waals surface area contributed by atoms with Crippen LogP contribution in [0.25, 0.3) is 0 Å². The number of anilines is 2. The molecule has 2 rings (SSSR count). The zero-order valence-electron chi connectivity index (χ0n) is 9.24. The molecule has 1 aromatic carbocycles. The van der Waals surface area contributed by atoms with E-state index in [1.807, 2.05) is 0 Å². The average molecular weight is 227 g/mol. The summed E-state index contributed by atoms with van der Waals surface area (Å²) in [5.74, 6) is -0.278.